The number of benzene rings is 1. The summed E-state index contributed by atoms with van der Waals surface area (Å²) in [6.07, 6.45) is 2.03. The third-order valence-corrected chi connectivity index (χ3v) is 3.42. The van der Waals surface area contributed by atoms with E-state index in [1.165, 1.54) is 16.7 Å². The van der Waals surface area contributed by atoms with Crippen molar-refractivity contribution in [3.63, 3.8) is 0 Å². The fraction of sp³-hybridized carbons (Fsp3) is 0.353. The third-order valence-electron chi connectivity index (χ3n) is 3.42. The van der Waals surface area contributed by atoms with Crippen molar-refractivity contribution in [2.75, 3.05) is 7.11 Å². The van der Waals surface area contributed by atoms with Crippen molar-refractivity contribution in [1.29, 1.82) is 0 Å². The number of rotatable bonds is 4. The predicted octanol–water partition coefficient (Wildman–Crippen LogP) is 4.19. The molecule has 0 N–H and O–H groups in total. The maximum absolute atomic E-state index is 5.36. The van der Waals surface area contributed by atoms with E-state index in [0.29, 0.717) is 0 Å². The highest BCUT2D eigenvalue weighted by Crippen LogP contribution is 2.30. The van der Waals surface area contributed by atoms with Gasteiger partial charge in [-0.1, -0.05) is 32.0 Å². The highest BCUT2D eigenvalue weighted by Gasteiger charge is 2.11. The summed E-state index contributed by atoms with van der Waals surface area (Å²) in [5, 5.41) is 0. The van der Waals surface area contributed by atoms with Gasteiger partial charge in [0.1, 0.15) is 5.75 Å². The molecule has 1 heterocycles. The van der Waals surface area contributed by atoms with Gasteiger partial charge in [-0.3, -0.25) is 4.98 Å². The summed E-state index contributed by atoms with van der Waals surface area (Å²) in [7, 11) is 1.70. The number of hydrogen-bond acceptors (Lipinski definition) is 2. The lowest BCUT2D eigenvalue weighted by molar-refractivity contribution is 0.414. The lowest BCUT2D eigenvalue weighted by Crippen LogP contribution is -1.98. The minimum atomic E-state index is 0.871. The highest BCUT2D eigenvalue weighted by atomic mass is 16.5. The molecule has 0 atom stereocenters. The molecule has 2 rings (SSSR count). The zero-order valence-corrected chi connectivity index (χ0v) is 12.2. The second-order valence-corrected chi connectivity index (χ2v) is 4.69. The Morgan fingerprint density at radius 1 is 1.05 bits per heavy atom. The van der Waals surface area contributed by atoms with Gasteiger partial charge >= 0.3 is 0 Å². The SMILES string of the molecule is CCc1cccc(CC)c1-c1cc(OC)cc(C)n1. The van der Waals surface area contributed by atoms with Crippen LogP contribution in [-0.4, -0.2) is 12.1 Å². The molecule has 0 saturated heterocycles. The zero-order chi connectivity index (χ0) is 13.8. The van der Waals surface area contributed by atoms with Crippen molar-refractivity contribution in [2.45, 2.75) is 33.6 Å². The number of hydrogen-bond donors (Lipinski definition) is 0. The molecule has 1 aromatic carbocycles. The van der Waals surface area contributed by atoms with E-state index in [1.807, 2.05) is 19.1 Å². The second-order valence-electron chi connectivity index (χ2n) is 4.69. The van der Waals surface area contributed by atoms with E-state index in [1.54, 1.807) is 7.11 Å². The summed E-state index contributed by atoms with van der Waals surface area (Å²) >= 11 is 0. The van der Waals surface area contributed by atoms with Crippen LogP contribution in [0.25, 0.3) is 11.3 Å². The fourth-order valence-corrected chi connectivity index (χ4v) is 2.45. The Labute approximate surface area is 115 Å². The lowest BCUT2D eigenvalue weighted by Gasteiger charge is -2.14. The van der Waals surface area contributed by atoms with Crippen molar-refractivity contribution in [3.05, 3.63) is 47.2 Å². The first-order valence-corrected chi connectivity index (χ1v) is 6.83. The Bertz CT molecular complexity index is 553. The molecule has 0 radical (unpaired) electrons. The van der Waals surface area contributed by atoms with Crippen LogP contribution in [0.15, 0.2) is 30.3 Å². The number of methoxy groups -OCH3 is 1. The molecule has 2 heteroatoms. The first-order valence-electron chi connectivity index (χ1n) is 6.83. The van der Waals surface area contributed by atoms with Crippen LogP contribution in [0.3, 0.4) is 0 Å². The van der Waals surface area contributed by atoms with Gasteiger partial charge in [0.15, 0.2) is 0 Å². The largest absolute Gasteiger partial charge is 0.497 e. The maximum atomic E-state index is 5.36. The summed E-state index contributed by atoms with van der Waals surface area (Å²) in [6.45, 7) is 6.38. The topological polar surface area (TPSA) is 22.1 Å². The summed E-state index contributed by atoms with van der Waals surface area (Å²) in [6, 6.07) is 10.5. The predicted molar refractivity (Wildman–Crippen MR) is 79.7 cm³/mol. The standard InChI is InChI=1S/C17H21NO/c1-5-13-8-7-9-14(6-2)17(13)16-11-15(19-4)10-12(3)18-16/h7-11H,5-6H2,1-4H3. The van der Waals surface area contributed by atoms with Gasteiger partial charge in [0.2, 0.25) is 0 Å². The van der Waals surface area contributed by atoms with Gasteiger partial charge in [-0.25, -0.2) is 0 Å². The molecule has 0 aliphatic heterocycles. The summed E-state index contributed by atoms with van der Waals surface area (Å²) in [5.41, 5.74) is 5.97. The quantitative estimate of drug-likeness (QED) is 0.817. The summed E-state index contributed by atoms with van der Waals surface area (Å²) in [4.78, 5) is 4.69. The fourth-order valence-electron chi connectivity index (χ4n) is 2.45. The van der Waals surface area contributed by atoms with Gasteiger partial charge < -0.3 is 4.74 Å². The van der Waals surface area contributed by atoms with E-state index in [0.717, 1.165) is 30.0 Å². The molecule has 0 unspecified atom stereocenters. The molecule has 0 spiro atoms. The average Bonchev–Trinajstić information content (AvgIpc) is 2.45. The number of ether oxygens (including phenoxy) is 1. The van der Waals surface area contributed by atoms with Gasteiger partial charge in [0.25, 0.3) is 0 Å². The van der Waals surface area contributed by atoms with Crippen molar-refractivity contribution in [2.24, 2.45) is 0 Å². The van der Waals surface area contributed by atoms with Gasteiger partial charge in [-0.15, -0.1) is 0 Å². The number of aromatic nitrogens is 1. The van der Waals surface area contributed by atoms with Crippen molar-refractivity contribution < 1.29 is 4.74 Å². The van der Waals surface area contributed by atoms with Gasteiger partial charge in [0, 0.05) is 23.4 Å². The van der Waals surface area contributed by atoms with Crippen LogP contribution in [0.4, 0.5) is 0 Å². The van der Waals surface area contributed by atoms with Crippen LogP contribution in [0.2, 0.25) is 0 Å². The summed E-state index contributed by atoms with van der Waals surface area (Å²) < 4.78 is 5.36. The van der Waals surface area contributed by atoms with Crippen LogP contribution < -0.4 is 4.74 Å². The van der Waals surface area contributed by atoms with Crippen molar-refractivity contribution >= 4 is 0 Å². The average molecular weight is 255 g/mol. The van der Waals surface area contributed by atoms with Crippen LogP contribution >= 0.6 is 0 Å². The van der Waals surface area contributed by atoms with E-state index in [9.17, 15) is 0 Å². The Morgan fingerprint density at radius 2 is 1.68 bits per heavy atom. The maximum Gasteiger partial charge on any atom is 0.122 e. The molecular formula is C17H21NO. The minimum absolute atomic E-state index is 0.871. The van der Waals surface area contributed by atoms with E-state index in [-0.39, 0.29) is 0 Å². The monoisotopic (exact) mass is 255 g/mol. The smallest absolute Gasteiger partial charge is 0.122 e. The van der Waals surface area contributed by atoms with E-state index < -0.39 is 0 Å². The molecule has 2 nitrogen and oxygen atoms in total. The molecule has 0 amide bonds. The van der Waals surface area contributed by atoms with Crippen molar-refractivity contribution in [1.82, 2.24) is 4.98 Å². The zero-order valence-electron chi connectivity index (χ0n) is 12.2. The van der Waals surface area contributed by atoms with Crippen LogP contribution in [0, 0.1) is 6.92 Å². The molecule has 0 bridgehead atoms. The molecule has 0 fully saturated rings. The Hall–Kier alpha value is -1.83. The van der Waals surface area contributed by atoms with E-state index >= 15 is 0 Å². The Morgan fingerprint density at radius 3 is 2.21 bits per heavy atom. The van der Waals surface area contributed by atoms with Crippen molar-refractivity contribution in [3.8, 4) is 17.0 Å². The van der Waals surface area contributed by atoms with Crippen LogP contribution in [-0.2, 0) is 12.8 Å². The highest BCUT2D eigenvalue weighted by molar-refractivity contribution is 5.69. The minimum Gasteiger partial charge on any atom is -0.497 e. The van der Waals surface area contributed by atoms with Gasteiger partial charge in [-0.05, 0) is 30.9 Å². The Kier molecular flexibility index (Phi) is 4.20. The number of aryl methyl sites for hydroxylation is 3. The molecule has 1 aromatic heterocycles. The first-order chi connectivity index (χ1) is 9.19. The molecule has 100 valence electrons. The molecule has 0 saturated carbocycles. The first kappa shape index (κ1) is 13.6. The normalized spacial score (nSPS) is 10.5. The molecule has 2 aromatic rings. The van der Waals surface area contributed by atoms with Crippen LogP contribution in [0.5, 0.6) is 5.75 Å². The number of nitrogens with zero attached hydrogens (tertiary/aromatic N) is 1. The van der Waals surface area contributed by atoms with E-state index in [2.05, 4.69) is 37.0 Å². The molecule has 0 aliphatic carbocycles. The Balaban J connectivity index is 2.66. The third kappa shape index (κ3) is 2.78. The lowest BCUT2D eigenvalue weighted by atomic mass is 9.94. The molecular weight excluding hydrogens is 234 g/mol. The van der Waals surface area contributed by atoms with Gasteiger partial charge in [0.05, 0.1) is 12.8 Å². The van der Waals surface area contributed by atoms with E-state index in [4.69, 9.17) is 4.74 Å². The molecule has 19 heavy (non-hydrogen) atoms. The summed E-state index contributed by atoms with van der Waals surface area (Å²) in [5.74, 6) is 0.871. The van der Waals surface area contributed by atoms with Crippen LogP contribution in [0.1, 0.15) is 30.7 Å². The molecule has 0 aliphatic rings. The van der Waals surface area contributed by atoms with Gasteiger partial charge in [-0.2, -0.15) is 0 Å². The second kappa shape index (κ2) is 5.87. The number of pyridine rings is 1.